The number of nitrogens with one attached hydrogen (secondary N) is 3. The normalized spacial score (nSPS) is 14.7. The molecule has 0 bridgehead atoms. The Kier molecular flexibility index (Phi) is 8.54. The number of aromatic hydroxyl groups is 1. The van der Waals surface area contributed by atoms with Crippen LogP contribution in [0.4, 0.5) is 22.0 Å². The number of Topliss-reactive ketones (excluding diaryl/α,β-unsaturated/α-hetero) is 1. The molecule has 0 radical (unpaired) electrons. The van der Waals surface area contributed by atoms with Crippen molar-refractivity contribution in [3.05, 3.63) is 95.2 Å². The number of amides is 2. The average molecular weight is 581 g/mol. The first-order valence-electron chi connectivity index (χ1n) is 14.7. The van der Waals surface area contributed by atoms with E-state index < -0.39 is 6.03 Å². The number of phenolic OH excluding ortho intramolecular Hbond substituents is 1. The molecular weight excluding hydrogens is 540 g/mol. The van der Waals surface area contributed by atoms with Crippen LogP contribution in [0, 0.1) is 12.8 Å². The molecule has 9 heteroatoms. The topological polar surface area (TPSA) is 134 Å². The zero-order valence-electron chi connectivity index (χ0n) is 25.1. The second-order valence-corrected chi connectivity index (χ2v) is 12.3. The number of ketones is 1. The van der Waals surface area contributed by atoms with Crippen molar-refractivity contribution in [2.45, 2.75) is 51.9 Å². The first-order valence-corrected chi connectivity index (χ1v) is 14.7. The van der Waals surface area contributed by atoms with Crippen LogP contribution >= 0.6 is 0 Å². The zero-order chi connectivity index (χ0) is 30.7. The summed E-state index contributed by atoms with van der Waals surface area (Å²) >= 11 is 0. The Morgan fingerprint density at radius 1 is 0.977 bits per heavy atom. The van der Waals surface area contributed by atoms with Crippen LogP contribution in [0.3, 0.4) is 0 Å². The van der Waals surface area contributed by atoms with E-state index in [9.17, 15) is 14.7 Å². The summed E-state index contributed by atoms with van der Waals surface area (Å²) in [6.07, 6.45) is 1.75. The maximum Gasteiger partial charge on any atom is 0.324 e. The number of carbonyl (C=O) groups excluding carboxylic acids is 2. The van der Waals surface area contributed by atoms with E-state index in [1.165, 1.54) is 6.07 Å². The van der Waals surface area contributed by atoms with Crippen LogP contribution in [0.2, 0.25) is 0 Å². The molecule has 1 saturated heterocycles. The molecule has 1 atom stereocenters. The lowest BCUT2D eigenvalue weighted by Gasteiger charge is -2.30. The van der Waals surface area contributed by atoms with Crippen molar-refractivity contribution in [3.8, 4) is 11.4 Å². The number of hydrogen-bond donors (Lipinski definition) is 5. The Balaban J connectivity index is 1.35. The maximum atomic E-state index is 13.8. The van der Waals surface area contributed by atoms with Gasteiger partial charge in [-0.1, -0.05) is 50.6 Å². The van der Waals surface area contributed by atoms with Crippen molar-refractivity contribution in [1.29, 1.82) is 0 Å². The Morgan fingerprint density at radius 2 is 1.65 bits per heavy atom. The molecular formula is C34H40N6O3. The molecule has 1 aromatic heterocycles. The van der Waals surface area contributed by atoms with Gasteiger partial charge in [0.2, 0.25) is 0 Å². The lowest BCUT2D eigenvalue weighted by atomic mass is 9.76. The van der Waals surface area contributed by atoms with Crippen molar-refractivity contribution >= 4 is 29.0 Å². The molecule has 4 aromatic rings. The molecule has 1 unspecified atom stereocenters. The monoisotopic (exact) mass is 580 g/mol. The Bertz CT molecular complexity index is 1600. The Hall–Kier alpha value is -4.63. The number of anilines is 3. The van der Waals surface area contributed by atoms with Crippen molar-refractivity contribution in [3.63, 3.8) is 0 Å². The van der Waals surface area contributed by atoms with Gasteiger partial charge in [-0.2, -0.15) is 5.10 Å². The molecule has 224 valence electrons. The van der Waals surface area contributed by atoms with Gasteiger partial charge in [0.1, 0.15) is 11.6 Å². The van der Waals surface area contributed by atoms with Crippen molar-refractivity contribution in [2.24, 2.45) is 5.92 Å². The maximum absolute atomic E-state index is 13.8. The summed E-state index contributed by atoms with van der Waals surface area (Å²) in [5, 5.41) is 23.9. The number of piperidine rings is 1. The molecule has 0 aliphatic carbocycles. The van der Waals surface area contributed by atoms with E-state index in [-0.39, 0.29) is 34.5 Å². The summed E-state index contributed by atoms with van der Waals surface area (Å²) in [6.45, 7) is 9.97. The van der Waals surface area contributed by atoms with Crippen molar-refractivity contribution < 1.29 is 14.7 Å². The fourth-order valence-electron chi connectivity index (χ4n) is 5.47. The van der Waals surface area contributed by atoms with E-state index in [0.717, 1.165) is 48.4 Å². The smallest absolute Gasteiger partial charge is 0.324 e. The number of aryl methyl sites for hydroxylation is 1. The summed E-state index contributed by atoms with van der Waals surface area (Å²) in [4.78, 5) is 26.9. The second kappa shape index (κ2) is 12.3. The number of nitrogens with zero attached hydrogens (tertiary/aromatic N) is 2. The average Bonchev–Trinajstić information content (AvgIpc) is 3.40. The van der Waals surface area contributed by atoms with Crippen LogP contribution in [-0.4, -0.2) is 39.8 Å². The number of phenols is 1. The molecule has 2 amide bonds. The molecule has 2 heterocycles. The number of hydrogen-bond acceptors (Lipinski definition) is 6. The van der Waals surface area contributed by atoms with Crippen LogP contribution in [0.5, 0.6) is 5.75 Å². The highest BCUT2D eigenvalue weighted by molar-refractivity contribution is 6.02. The predicted octanol–water partition coefficient (Wildman–Crippen LogP) is 6.38. The first-order chi connectivity index (χ1) is 20.5. The summed E-state index contributed by atoms with van der Waals surface area (Å²) in [5.74, 6) is 0.280. The zero-order valence-corrected chi connectivity index (χ0v) is 25.1. The minimum atomic E-state index is -0.396. The van der Waals surface area contributed by atoms with E-state index in [1.54, 1.807) is 16.8 Å². The van der Waals surface area contributed by atoms with E-state index in [0.29, 0.717) is 17.1 Å². The van der Waals surface area contributed by atoms with Gasteiger partial charge in [-0.15, -0.1) is 0 Å². The van der Waals surface area contributed by atoms with E-state index in [2.05, 4.69) is 36.7 Å². The number of rotatable bonds is 7. The van der Waals surface area contributed by atoms with Gasteiger partial charge in [-0.3, -0.25) is 10.1 Å². The summed E-state index contributed by atoms with van der Waals surface area (Å²) in [7, 11) is 0. The first kappa shape index (κ1) is 29.8. The predicted molar refractivity (Wildman–Crippen MR) is 171 cm³/mol. The number of carbonyl (C=O) groups is 2. The van der Waals surface area contributed by atoms with Crippen molar-refractivity contribution in [1.82, 2.24) is 15.1 Å². The fourth-order valence-corrected chi connectivity index (χ4v) is 5.47. The van der Waals surface area contributed by atoms with Crippen LogP contribution in [0.1, 0.15) is 66.7 Å². The number of urea groups is 1. The van der Waals surface area contributed by atoms with Gasteiger partial charge in [0.15, 0.2) is 5.78 Å². The third-order valence-electron chi connectivity index (χ3n) is 7.98. The Morgan fingerprint density at radius 3 is 2.28 bits per heavy atom. The lowest BCUT2D eigenvalue weighted by molar-refractivity contribution is 0.0916. The quantitative estimate of drug-likeness (QED) is 0.0979. The van der Waals surface area contributed by atoms with E-state index in [1.807, 2.05) is 61.5 Å². The van der Waals surface area contributed by atoms with Gasteiger partial charge in [0.05, 0.1) is 23.0 Å². The summed E-state index contributed by atoms with van der Waals surface area (Å²) < 4.78 is 1.74. The molecule has 0 saturated carbocycles. The molecule has 1 aliphatic rings. The minimum Gasteiger partial charge on any atom is -0.506 e. The molecule has 9 nitrogen and oxygen atoms in total. The molecule has 6 N–H and O–H groups in total. The van der Waals surface area contributed by atoms with Gasteiger partial charge in [0.25, 0.3) is 0 Å². The van der Waals surface area contributed by atoms with Crippen LogP contribution in [-0.2, 0) is 5.41 Å². The highest BCUT2D eigenvalue weighted by atomic mass is 16.3. The largest absolute Gasteiger partial charge is 0.506 e. The third-order valence-corrected chi connectivity index (χ3v) is 7.98. The van der Waals surface area contributed by atoms with E-state index >= 15 is 0 Å². The third kappa shape index (κ3) is 6.89. The highest BCUT2D eigenvalue weighted by Crippen LogP contribution is 2.36. The number of aromatic nitrogens is 2. The van der Waals surface area contributed by atoms with Gasteiger partial charge in [0, 0.05) is 22.7 Å². The van der Waals surface area contributed by atoms with Crippen LogP contribution < -0.4 is 21.7 Å². The fraction of sp³-hybridized carbons (Fsp3) is 0.324. The Labute approximate surface area is 252 Å². The molecule has 5 rings (SSSR count). The lowest BCUT2D eigenvalue weighted by Crippen LogP contribution is -2.33. The number of nitrogens with two attached hydrogens (primary N) is 1. The van der Waals surface area contributed by atoms with E-state index in [4.69, 9.17) is 10.8 Å². The molecule has 0 spiro atoms. The van der Waals surface area contributed by atoms with Gasteiger partial charge < -0.3 is 21.5 Å². The molecule has 43 heavy (non-hydrogen) atoms. The summed E-state index contributed by atoms with van der Waals surface area (Å²) in [6, 6.07) is 21.5. The SMILES string of the molecule is Cc1ccc(-n2nc(C(C)(C)C)cc2NC(=O)Nc2ccc(C(C(=O)c3ccc(O)c(N)c3)C3CCNCC3)cc2)cc1. The number of benzene rings is 3. The highest BCUT2D eigenvalue weighted by Gasteiger charge is 2.32. The standard InChI is InChI=1S/C34H40N6O3/c1-21-5-12-26(13-6-21)40-30(20-29(39-40)34(2,3)4)38-33(43)37-25-10-7-22(8-11-25)31(23-15-17-36-18-16-23)32(42)24-9-14-28(41)27(35)19-24/h5-14,19-20,23,31,36,41H,15-18,35H2,1-4H3,(H2,37,38,43). The molecule has 1 fully saturated rings. The second-order valence-electron chi connectivity index (χ2n) is 12.3. The van der Waals surface area contributed by atoms with Crippen LogP contribution in [0.25, 0.3) is 5.69 Å². The summed E-state index contributed by atoms with van der Waals surface area (Å²) in [5.41, 5.74) is 10.7. The minimum absolute atomic E-state index is 0.0314. The van der Waals surface area contributed by atoms with Crippen molar-refractivity contribution in [2.75, 3.05) is 29.5 Å². The molecule has 1 aliphatic heterocycles. The molecule has 3 aromatic carbocycles. The number of nitrogen functional groups attached to an aromatic ring is 1. The van der Waals surface area contributed by atoms with Crippen LogP contribution in [0.15, 0.2) is 72.8 Å². The van der Waals surface area contributed by atoms with Gasteiger partial charge in [-0.05, 0) is 86.8 Å². The van der Waals surface area contributed by atoms with Gasteiger partial charge >= 0.3 is 6.03 Å². The van der Waals surface area contributed by atoms with Gasteiger partial charge in [-0.25, -0.2) is 9.48 Å².